The van der Waals surface area contributed by atoms with Crippen molar-refractivity contribution in [1.29, 1.82) is 0 Å². The molecule has 4 aromatic rings. The van der Waals surface area contributed by atoms with Crippen molar-refractivity contribution < 1.29 is 27.4 Å². The van der Waals surface area contributed by atoms with Gasteiger partial charge in [-0.25, -0.2) is 23.2 Å². The smallest absolute Gasteiger partial charge is 0.410 e. The summed E-state index contributed by atoms with van der Waals surface area (Å²) in [5.41, 5.74) is 2.66. The molecule has 1 amide bonds. The van der Waals surface area contributed by atoms with E-state index in [4.69, 9.17) is 29.3 Å². The highest BCUT2D eigenvalue weighted by Gasteiger charge is 2.47. The summed E-state index contributed by atoms with van der Waals surface area (Å²) in [4.78, 5) is 33.0. The molecule has 2 bridgehead atoms. The van der Waals surface area contributed by atoms with Crippen LogP contribution in [0.5, 0.6) is 0 Å². The molecule has 0 aliphatic carbocycles. The molecule has 4 aromatic heterocycles. The van der Waals surface area contributed by atoms with Gasteiger partial charge in [0.15, 0.2) is 21.3 Å². The van der Waals surface area contributed by atoms with Crippen molar-refractivity contribution in [3.8, 4) is 21.8 Å². The molecule has 2 saturated heterocycles. The van der Waals surface area contributed by atoms with Crippen molar-refractivity contribution in [3.63, 3.8) is 0 Å². The van der Waals surface area contributed by atoms with Gasteiger partial charge in [-0.1, -0.05) is 45.3 Å². The first kappa shape index (κ1) is 43.4. The maximum Gasteiger partial charge on any atom is 0.410 e. The van der Waals surface area contributed by atoms with Crippen molar-refractivity contribution >= 4 is 54.9 Å². The second kappa shape index (κ2) is 16.8. The number of thiazole rings is 1. The first-order valence-electron chi connectivity index (χ1n) is 20.0. The third-order valence-corrected chi connectivity index (χ3v) is 15.9. The first-order chi connectivity index (χ1) is 26.6. The van der Waals surface area contributed by atoms with Gasteiger partial charge in [0.2, 0.25) is 0 Å². The molecule has 0 aromatic carbocycles. The molecule has 2 aliphatic heterocycles. The van der Waals surface area contributed by atoms with E-state index in [2.05, 4.69) is 44.3 Å². The lowest BCUT2D eigenvalue weighted by Crippen LogP contribution is -2.48. The Morgan fingerprint density at radius 1 is 0.930 bits per heavy atom. The Kier molecular flexibility index (Phi) is 12.8. The summed E-state index contributed by atoms with van der Waals surface area (Å²) in [7, 11) is -6.72. The van der Waals surface area contributed by atoms with Crippen LogP contribution in [0.3, 0.4) is 0 Å². The van der Waals surface area contributed by atoms with E-state index in [1.165, 1.54) is 6.26 Å². The number of pyridine rings is 1. The average molecular weight is 856 g/mol. The Bertz CT molecular complexity index is 2120. The number of carbonyl (C=O) groups is 1. The van der Waals surface area contributed by atoms with Crippen LogP contribution in [0.25, 0.3) is 27.5 Å². The molecule has 312 valence electrons. The molecule has 0 radical (unpaired) electrons. The summed E-state index contributed by atoms with van der Waals surface area (Å²) < 4.78 is 48.7. The van der Waals surface area contributed by atoms with Crippen LogP contribution >= 0.6 is 11.3 Å². The Morgan fingerprint density at radius 2 is 1.54 bits per heavy atom. The number of fused-ring (bicyclic) bond motifs is 3. The summed E-state index contributed by atoms with van der Waals surface area (Å²) in [6.07, 6.45) is 9.06. The van der Waals surface area contributed by atoms with Crippen molar-refractivity contribution in [2.45, 2.75) is 133 Å². The minimum absolute atomic E-state index is 0.0981. The van der Waals surface area contributed by atoms with Crippen LogP contribution in [-0.2, 0) is 24.0 Å². The van der Waals surface area contributed by atoms with Crippen molar-refractivity contribution in [2.75, 3.05) is 37.8 Å². The van der Waals surface area contributed by atoms with Gasteiger partial charge in [0.1, 0.15) is 29.0 Å². The largest absolute Gasteiger partial charge is 0.444 e. The zero-order valence-corrected chi connectivity index (χ0v) is 39.2. The highest BCUT2D eigenvalue weighted by Crippen LogP contribution is 2.46. The number of aryl methyl sites for hydroxylation is 1. The number of hydrogen-bond acceptors (Lipinski definition) is 12. The molecule has 0 unspecified atom stereocenters. The molecule has 17 heteroatoms. The fourth-order valence-electron chi connectivity index (χ4n) is 7.53. The number of aromatic nitrogens is 5. The van der Waals surface area contributed by atoms with Crippen LogP contribution in [0, 0.1) is 6.92 Å². The van der Waals surface area contributed by atoms with Crippen LogP contribution in [0.4, 0.5) is 10.6 Å². The maximum atomic E-state index is 14.3. The van der Waals surface area contributed by atoms with Crippen LogP contribution in [0.15, 0.2) is 35.6 Å². The quantitative estimate of drug-likeness (QED) is 0.0644. The first-order valence-corrected chi connectivity index (χ1v) is 30.1. The van der Waals surface area contributed by atoms with Gasteiger partial charge in [-0.3, -0.25) is 4.98 Å². The molecule has 6 rings (SSSR count). The van der Waals surface area contributed by atoms with Crippen LogP contribution in [0.1, 0.15) is 62.9 Å². The molecule has 13 nitrogen and oxygen atoms in total. The number of amides is 1. The topological polar surface area (TPSA) is 141 Å². The zero-order valence-electron chi connectivity index (χ0n) is 35.6. The summed E-state index contributed by atoms with van der Waals surface area (Å²) in [6.45, 7) is 22.8. The summed E-state index contributed by atoms with van der Waals surface area (Å²) in [5.74, 6) is 0.128. The molecular formula is C40H61N7O6S2Si2. The van der Waals surface area contributed by atoms with E-state index in [1.807, 2.05) is 55.8 Å². The Balaban J connectivity index is 1.48. The van der Waals surface area contributed by atoms with Crippen LogP contribution in [0.2, 0.25) is 51.4 Å². The van der Waals surface area contributed by atoms with Gasteiger partial charge < -0.3 is 24.0 Å². The zero-order chi connectivity index (χ0) is 41.5. The number of rotatable bonds is 15. The highest BCUT2D eigenvalue weighted by atomic mass is 32.2. The Labute approximate surface area is 344 Å². The third kappa shape index (κ3) is 10.7. The van der Waals surface area contributed by atoms with Crippen molar-refractivity contribution in [1.82, 2.24) is 29.5 Å². The Morgan fingerprint density at radius 3 is 2.04 bits per heavy atom. The van der Waals surface area contributed by atoms with Crippen molar-refractivity contribution in [3.05, 3.63) is 41.3 Å². The molecule has 6 heterocycles. The Hall–Kier alpha value is -3.23. The van der Waals surface area contributed by atoms with Crippen molar-refractivity contribution in [2.24, 2.45) is 0 Å². The van der Waals surface area contributed by atoms with Gasteiger partial charge in [0.05, 0.1) is 17.6 Å². The van der Waals surface area contributed by atoms with Crippen LogP contribution in [-0.4, -0.2) is 111 Å². The lowest BCUT2D eigenvalue weighted by Gasteiger charge is -2.40. The SMILES string of the molecule is Cc1cnc(-c2ccc(-c3cnn4c(N(COCC[Si](C)(C)C)COCC[Si](C)(C)C)c(S(C)(=O)=O)c([C@@H]5C[C@H]6CC[C@@H](C5)N6C(=O)OC(C)(C)C)nc34)cn2)s1. The molecule has 0 saturated carbocycles. The van der Waals surface area contributed by atoms with E-state index in [1.54, 1.807) is 28.2 Å². The molecule has 0 spiro atoms. The average Bonchev–Trinajstić information content (AvgIpc) is 3.80. The van der Waals surface area contributed by atoms with Gasteiger partial charge in [0.25, 0.3) is 0 Å². The molecule has 0 N–H and O–H groups in total. The van der Waals surface area contributed by atoms with E-state index in [0.717, 1.165) is 51.6 Å². The molecule has 3 atom stereocenters. The number of nitrogens with zero attached hydrogens (tertiary/aromatic N) is 7. The van der Waals surface area contributed by atoms with Crippen LogP contribution < -0.4 is 4.90 Å². The maximum absolute atomic E-state index is 14.3. The minimum Gasteiger partial charge on any atom is -0.444 e. The summed E-state index contributed by atoms with van der Waals surface area (Å²) in [6, 6.07) is 5.65. The standard InChI is InChI=1S/C40H61N7O6S2Si2/c1-27-22-42-37(54-27)33-15-12-28(23-41-33)32-24-43-47-36(32)44-34(29-20-30-13-14-31(21-29)46(30)39(48)53-40(2,3)4)35(55(5,49)50)38(47)45(25-51-16-18-56(6,7)8)26-52-17-19-57(9,10)11/h12,15,22-24,29-31H,13-14,16-21,25-26H2,1-11H3/t29-,30-,31+. The molecule has 2 fully saturated rings. The third-order valence-electron chi connectivity index (χ3n) is 10.4. The normalized spacial score (nSPS) is 19.1. The van der Waals surface area contributed by atoms with E-state index in [9.17, 15) is 13.2 Å². The number of anilines is 1. The molecule has 57 heavy (non-hydrogen) atoms. The van der Waals surface area contributed by atoms with Gasteiger partial charge in [-0.15, -0.1) is 11.3 Å². The number of ether oxygens (including phenoxy) is 3. The van der Waals surface area contributed by atoms with Gasteiger partial charge >= 0.3 is 6.09 Å². The van der Waals surface area contributed by atoms with E-state index < -0.39 is 31.6 Å². The lowest BCUT2D eigenvalue weighted by molar-refractivity contribution is 0.00557. The minimum atomic E-state index is -3.90. The number of sulfone groups is 1. The lowest BCUT2D eigenvalue weighted by atomic mass is 9.88. The number of hydrogen-bond donors (Lipinski definition) is 0. The van der Waals surface area contributed by atoms with E-state index in [-0.39, 0.29) is 42.5 Å². The van der Waals surface area contributed by atoms with Gasteiger partial charge in [-0.05, 0) is 71.5 Å². The van der Waals surface area contributed by atoms with E-state index in [0.29, 0.717) is 43.2 Å². The second-order valence-corrected chi connectivity index (χ2v) is 33.5. The summed E-state index contributed by atoms with van der Waals surface area (Å²) >= 11 is 1.59. The van der Waals surface area contributed by atoms with E-state index >= 15 is 0 Å². The second-order valence-electron chi connectivity index (χ2n) is 19.1. The molecular weight excluding hydrogens is 795 g/mol. The fourth-order valence-corrected chi connectivity index (χ4v) is 10.9. The molecule has 2 aliphatic rings. The monoisotopic (exact) mass is 855 g/mol. The summed E-state index contributed by atoms with van der Waals surface area (Å²) in [5, 5.41) is 5.69. The highest BCUT2D eigenvalue weighted by molar-refractivity contribution is 7.91. The number of piperidine rings is 1. The number of carbonyl (C=O) groups excluding carboxylic acids is 1. The fraction of sp³-hybridized carbons (Fsp3) is 0.625. The van der Waals surface area contributed by atoms with Gasteiger partial charge in [0, 0.05) is 82.0 Å². The predicted molar refractivity (Wildman–Crippen MR) is 232 cm³/mol. The predicted octanol–water partition coefficient (Wildman–Crippen LogP) is 8.70. The van der Waals surface area contributed by atoms with Gasteiger partial charge in [-0.2, -0.15) is 9.61 Å².